The number of aromatic nitrogens is 1. The van der Waals surface area contributed by atoms with Crippen LogP contribution in [0, 0.1) is 6.92 Å². The summed E-state index contributed by atoms with van der Waals surface area (Å²) in [4.78, 5) is 9.04. The van der Waals surface area contributed by atoms with Gasteiger partial charge in [-0.1, -0.05) is 36.4 Å². The number of hydrogen-bond acceptors (Lipinski definition) is 4. The number of alkyl halides is 3. The summed E-state index contributed by atoms with van der Waals surface area (Å²) in [5.41, 5.74) is 5.08. The number of nitrogens with zero attached hydrogens (tertiary/aromatic N) is 3. The van der Waals surface area contributed by atoms with Crippen molar-refractivity contribution in [3.05, 3.63) is 95.7 Å². The summed E-state index contributed by atoms with van der Waals surface area (Å²) in [5.74, 6) is 0. The largest absolute Gasteiger partial charge is 0.416 e. The highest BCUT2D eigenvalue weighted by Gasteiger charge is 2.30. The maximum absolute atomic E-state index is 13.0. The minimum absolute atomic E-state index is 0.311. The second kappa shape index (κ2) is 9.58. The Balaban J connectivity index is 1.22. The molecule has 0 aliphatic carbocycles. The van der Waals surface area contributed by atoms with Crippen molar-refractivity contribution < 1.29 is 13.2 Å². The number of hydrogen-bond donors (Lipinski definition) is 1. The number of pyridine rings is 1. The van der Waals surface area contributed by atoms with Gasteiger partial charge in [-0.2, -0.15) is 13.2 Å². The average Bonchev–Trinajstić information content (AvgIpc) is 2.85. The lowest BCUT2D eigenvalue weighted by Gasteiger charge is -2.36. The Labute approximate surface area is 203 Å². The number of nitrogens with one attached hydrogen (secondary N) is 1. The van der Waals surface area contributed by atoms with Crippen molar-refractivity contribution in [1.29, 1.82) is 0 Å². The molecule has 1 N–H and O–H groups in total. The van der Waals surface area contributed by atoms with Crippen LogP contribution in [-0.2, 0) is 12.7 Å². The maximum atomic E-state index is 13.0. The molecule has 180 valence electrons. The quantitative estimate of drug-likeness (QED) is 0.350. The molecule has 0 spiro atoms. The summed E-state index contributed by atoms with van der Waals surface area (Å²) < 4.78 is 39.1. The zero-order chi connectivity index (χ0) is 24.4. The van der Waals surface area contributed by atoms with Crippen molar-refractivity contribution in [2.75, 3.05) is 36.4 Å². The number of benzene rings is 3. The fourth-order valence-corrected chi connectivity index (χ4v) is 4.61. The van der Waals surface area contributed by atoms with Crippen LogP contribution in [0.25, 0.3) is 10.9 Å². The molecule has 0 radical (unpaired) electrons. The summed E-state index contributed by atoms with van der Waals surface area (Å²) in [5, 5.41) is 3.97. The van der Waals surface area contributed by atoms with Gasteiger partial charge in [0, 0.05) is 61.4 Å². The molecule has 1 aromatic heterocycles. The number of rotatable bonds is 5. The van der Waals surface area contributed by atoms with Gasteiger partial charge in [-0.05, 0) is 54.4 Å². The van der Waals surface area contributed by atoms with Gasteiger partial charge in [0.2, 0.25) is 0 Å². The summed E-state index contributed by atoms with van der Waals surface area (Å²) in [6.45, 7) is 7.09. The van der Waals surface area contributed by atoms with Crippen molar-refractivity contribution in [2.24, 2.45) is 0 Å². The monoisotopic (exact) mass is 476 g/mol. The summed E-state index contributed by atoms with van der Waals surface area (Å²) in [6.07, 6.45) is -2.86. The number of halogens is 3. The van der Waals surface area contributed by atoms with E-state index in [-0.39, 0.29) is 0 Å². The van der Waals surface area contributed by atoms with Gasteiger partial charge in [0.1, 0.15) is 0 Å². The van der Waals surface area contributed by atoms with E-state index in [1.165, 1.54) is 29.1 Å². The first-order chi connectivity index (χ1) is 16.9. The lowest BCUT2D eigenvalue weighted by Crippen LogP contribution is -2.46. The smallest absolute Gasteiger partial charge is 0.369 e. The maximum Gasteiger partial charge on any atom is 0.416 e. The minimum atomic E-state index is -4.39. The number of anilines is 3. The molecule has 4 aromatic rings. The third-order valence-corrected chi connectivity index (χ3v) is 6.54. The van der Waals surface area contributed by atoms with E-state index >= 15 is 0 Å². The van der Waals surface area contributed by atoms with E-state index in [9.17, 15) is 13.2 Å². The van der Waals surface area contributed by atoms with Crippen LogP contribution >= 0.6 is 0 Å². The molecule has 4 nitrogen and oxygen atoms in total. The van der Waals surface area contributed by atoms with Crippen LogP contribution < -0.4 is 10.2 Å². The molecule has 7 heteroatoms. The van der Waals surface area contributed by atoms with Gasteiger partial charge in [0.15, 0.2) is 0 Å². The molecule has 1 saturated heterocycles. The van der Waals surface area contributed by atoms with Crippen LogP contribution in [0.2, 0.25) is 0 Å². The predicted octanol–water partition coefficient (Wildman–Crippen LogP) is 6.63. The zero-order valence-corrected chi connectivity index (χ0v) is 19.5. The molecule has 1 aliphatic rings. The second-order valence-electron chi connectivity index (χ2n) is 8.96. The van der Waals surface area contributed by atoms with Crippen LogP contribution in [0.5, 0.6) is 0 Å². The molecule has 0 unspecified atom stereocenters. The molecule has 1 fully saturated rings. The average molecular weight is 477 g/mol. The lowest BCUT2D eigenvalue weighted by atomic mass is 10.1. The third kappa shape index (κ3) is 5.25. The highest BCUT2D eigenvalue weighted by molar-refractivity contribution is 5.93. The normalized spacial score (nSPS) is 14.9. The van der Waals surface area contributed by atoms with Crippen molar-refractivity contribution in [3.63, 3.8) is 0 Å². The number of aryl methyl sites for hydroxylation is 1. The first-order valence-electron chi connectivity index (χ1n) is 11.7. The van der Waals surface area contributed by atoms with Gasteiger partial charge in [-0.3, -0.25) is 9.88 Å². The van der Waals surface area contributed by atoms with Crippen LogP contribution in [0.4, 0.5) is 30.2 Å². The van der Waals surface area contributed by atoms with E-state index in [0.717, 1.165) is 56.2 Å². The lowest BCUT2D eigenvalue weighted by molar-refractivity contribution is -0.137. The Hall–Kier alpha value is -3.58. The van der Waals surface area contributed by atoms with Gasteiger partial charge < -0.3 is 10.2 Å². The van der Waals surface area contributed by atoms with Crippen molar-refractivity contribution >= 4 is 28.0 Å². The Morgan fingerprint density at radius 3 is 2.34 bits per heavy atom. The number of fused-ring (bicyclic) bond motifs is 1. The van der Waals surface area contributed by atoms with E-state index in [0.29, 0.717) is 10.9 Å². The topological polar surface area (TPSA) is 31.4 Å². The molecular formula is C28H27F3N4. The molecule has 0 atom stereocenters. The highest BCUT2D eigenvalue weighted by Crippen LogP contribution is 2.33. The summed E-state index contributed by atoms with van der Waals surface area (Å²) in [7, 11) is 0. The number of piperazine rings is 1. The Morgan fingerprint density at radius 2 is 1.63 bits per heavy atom. The molecule has 0 amide bonds. The minimum Gasteiger partial charge on any atom is -0.369 e. The Morgan fingerprint density at radius 1 is 0.886 bits per heavy atom. The van der Waals surface area contributed by atoms with Crippen LogP contribution in [0.3, 0.4) is 0 Å². The first kappa shape index (κ1) is 23.2. The Kier molecular flexibility index (Phi) is 6.34. The van der Waals surface area contributed by atoms with E-state index < -0.39 is 11.7 Å². The Bertz CT molecular complexity index is 1310. The molecule has 3 aromatic carbocycles. The van der Waals surface area contributed by atoms with Gasteiger partial charge in [-0.25, -0.2) is 0 Å². The van der Waals surface area contributed by atoms with Gasteiger partial charge >= 0.3 is 6.18 Å². The fraction of sp³-hybridized carbons (Fsp3) is 0.250. The van der Waals surface area contributed by atoms with Crippen LogP contribution in [0.1, 0.15) is 16.7 Å². The SMILES string of the molecule is Cc1ccccc1N1CCN(Cc2ccc(Nc3ccnc4cc(C(F)(F)F)ccc34)cc2)CC1. The summed E-state index contributed by atoms with van der Waals surface area (Å²) in [6, 6.07) is 22.2. The van der Waals surface area contributed by atoms with Crippen molar-refractivity contribution in [1.82, 2.24) is 9.88 Å². The second-order valence-corrected chi connectivity index (χ2v) is 8.96. The van der Waals surface area contributed by atoms with E-state index in [2.05, 4.69) is 63.4 Å². The molecule has 0 bridgehead atoms. The number of para-hydroxylation sites is 1. The first-order valence-corrected chi connectivity index (χ1v) is 11.7. The van der Waals surface area contributed by atoms with Crippen molar-refractivity contribution in [2.45, 2.75) is 19.6 Å². The van der Waals surface area contributed by atoms with Gasteiger partial charge in [0.25, 0.3) is 0 Å². The van der Waals surface area contributed by atoms with Crippen LogP contribution in [0.15, 0.2) is 79.0 Å². The molecular weight excluding hydrogens is 449 g/mol. The highest BCUT2D eigenvalue weighted by atomic mass is 19.4. The van der Waals surface area contributed by atoms with Gasteiger partial charge in [0.05, 0.1) is 11.1 Å². The fourth-order valence-electron chi connectivity index (χ4n) is 4.61. The molecule has 5 rings (SSSR count). The molecule has 1 aliphatic heterocycles. The van der Waals surface area contributed by atoms with E-state index in [1.54, 1.807) is 6.07 Å². The summed E-state index contributed by atoms with van der Waals surface area (Å²) >= 11 is 0. The molecule has 0 saturated carbocycles. The molecule has 35 heavy (non-hydrogen) atoms. The third-order valence-electron chi connectivity index (χ3n) is 6.54. The predicted molar refractivity (Wildman–Crippen MR) is 135 cm³/mol. The van der Waals surface area contributed by atoms with Crippen LogP contribution in [-0.4, -0.2) is 36.1 Å². The molecule has 2 heterocycles. The van der Waals surface area contributed by atoms with Crippen molar-refractivity contribution in [3.8, 4) is 0 Å². The van der Waals surface area contributed by atoms with E-state index in [4.69, 9.17) is 0 Å². The standard InChI is InChI=1S/C28H27F3N4/c1-20-4-2-3-5-27(20)35-16-14-34(15-17-35)19-21-6-9-23(10-7-21)33-25-12-13-32-26-18-22(28(29,30)31)8-11-24(25)26/h2-13,18H,14-17,19H2,1H3,(H,32,33). The van der Waals surface area contributed by atoms with E-state index in [1.807, 2.05) is 12.1 Å². The zero-order valence-electron chi connectivity index (χ0n) is 19.5. The van der Waals surface area contributed by atoms with Gasteiger partial charge in [-0.15, -0.1) is 0 Å².